The molecule has 10 rings (SSSR count). The van der Waals surface area contributed by atoms with Crippen LogP contribution in [0.25, 0.3) is 100 Å². The number of hydrogen-bond donors (Lipinski definition) is 0. The molecule has 0 fully saturated rings. The largest absolute Gasteiger partial charge is 0.455 e. The highest BCUT2D eigenvalue weighted by molar-refractivity contribution is 6.09. The van der Waals surface area contributed by atoms with Crippen LogP contribution >= 0.6 is 0 Å². The first-order valence-electron chi connectivity index (χ1n) is 18.6. The zero-order valence-electron chi connectivity index (χ0n) is 29.9. The lowest BCUT2D eigenvalue weighted by atomic mass is 9.92. The molecule has 2 heterocycles. The molecular formula is C52H34N2O. The van der Waals surface area contributed by atoms with Crippen molar-refractivity contribution in [1.29, 1.82) is 0 Å². The van der Waals surface area contributed by atoms with Crippen LogP contribution in [-0.2, 0) is 0 Å². The summed E-state index contributed by atoms with van der Waals surface area (Å²) in [6.45, 7) is 0. The molecule has 2 aromatic heterocycles. The standard InChI is InChI=1S/C52H34N2O/c1-4-15-35(16-5-1)38-21-12-23-40(29-38)42-31-43(45-26-14-27-47-46-25-10-11-28-50(46)55-51(45)47)33-44(32-42)49-34-48(53-52(54-49)37-19-8-3-9-20-37)41-24-13-22-39(30-41)36-17-6-2-7-18-36/h1-34H. The van der Waals surface area contributed by atoms with E-state index in [4.69, 9.17) is 14.4 Å². The highest BCUT2D eigenvalue weighted by atomic mass is 16.3. The number of rotatable bonds is 7. The Morgan fingerprint density at radius 1 is 0.291 bits per heavy atom. The van der Waals surface area contributed by atoms with Crippen LogP contribution in [-0.4, -0.2) is 9.97 Å². The van der Waals surface area contributed by atoms with Crippen LogP contribution < -0.4 is 0 Å². The predicted octanol–water partition coefficient (Wildman–Crippen LogP) is 14.0. The molecule has 0 aliphatic heterocycles. The van der Waals surface area contributed by atoms with Gasteiger partial charge in [0.15, 0.2) is 5.82 Å². The fourth-order valence-electron chi connectivity index (χ4n) is 7.53. The van der Waals surface area contributed by atoms with Crippen molar-refractivity contribution in [2.24, 2.45) is 0 Å². The van der Waals surface area contributed by atoms with Gasteiger partial charge < -0.3 is 4.42 Å². The normalized spacial score (nSPS) is 11.3. The van der Waals surface area contributed by atoms with Gasteiger partial charge in [0.25, 0.3) is 0 Å². The molecule has 3 heteroatoms. The summed E-state index contributed by atoms with van der Waals surface area (Å²) in [5.41, 5.74) is 15.4. The Morgan fingerprint density at radius 3 is 1.44 bits per heavy atom. The average Bonchev–Trinajstić information content (AvgIpc) is 3.66. The van der Waals surface area contributed by atoms with E-state index in [1.807, 2.05) is 36.4 Å². The molecular weight excluding hydrogens is 669 g/mol. The third-order valence-electron chi connectivity index (χ3n) is 10.3. The van der Waals surface area contributed by atoms with E-state index < -0.39 is 0 Å². The number of benzene rings is 8. The van der Waals surface area contributed by atoms with E-state index in [1.165, 1.54) is 11.1 Å². The number of fused-ring (bicyclic) bond motifs is 3. The molecule has 8 aromatic carbocycles. The van der Waals surface area contributed by atoms with Crippen LogP contribution in [0.15, 0.2) is 211 Å². The fourth-order valence-corrected chi connectivity index (χ4v) is 7.53. The zero-order chi connectivity index (χ0) is 36.6. The van der Waals surface area contributed by atoms with Gasteiger partial charge in [-0.25, -0.2) is 9.97 Å². The number of furan rings is 1. The third kappa shape index (κ3) is 6.28. The van der Waals surface area contributed by atoms with Crippen molar-refractivity contribution in [3.63, 3.8) is 0 Å². The van der Waals surface area contributed by atoms with Gasteiger partial charge in [-0.15, -0.1) is 0 Å². The van der Waals surface area contributed by atoms with Crippen molar-refractivity contribution in [3.8, 4) is 78.4 Å². The second kappa shape index (κ2) is 13.9. The fraction of sp³-hybridized carbons (Fsp3) is 0. The van der Waals surface area contributed by atoms with E-state index >= 15 is 0 Å². The predicted molar refractivity (Wildman–Crippen MR) is 227 cm³/mol. The van der Waals surface area contributed by atoms with Gasteiger partial charge in [0.2, 0.25) is 0 Å². The molecule has 0 bridgehead atoms. The Morgan fingerprint density at radius 2 is 0.745 bits per heavy atom. The van der Waals surface area contributed by atoms with E-state index in [1.54, 1.807) is 0 Å². The molecule has 0 radical (unpaired) electrons. The van der Waals surface area contributed by atoms with Crippen LogP contribution in [0.4, 0.5) is 0 Å². The second-order valence-corrected chi connectivity index (χ2v) is 13.8. The molecule has 0 saturated heterocycles. The van der Waals surface area contributed by atoms with E-state index in [0.717, 1.165) is 83.4 Å². The summed E-state index contributed by atoms with van der Waals surface area (Å²) >= 11 is 0. The molecule has 0 atom stereocenters. The van der Waals surface area contributed by atoms with Crippen molar-refractivity contribution in [1.82, 2.24) is 9.97 Å². The van der Waals surface area contributed by atoms with E-state index in [-0.39, 0.29) is 0 Å². The quantitative estimate of drug-likeness (QED) is 0.166. The van der Waals surface area contributed by atoms with Crippen LogP contribution in [0, 0.1) is 0 Å². The SMILES string of the molecule is c1ccc(-c2cccc(-c3cc(-c4cc(-c5cccc(-c6ccccc6)c5)nc(-c5ccccc5)n4)cc(-c4cccc5c4oc4ccccc45)c3)c2)cc1. The second-order valence-electron chi connectivity index (χ2n) is 13.8. The lowest BCUT2D eigenvalue weighted by Gasteiger charge is -2.14. The number of hydrogen-bond acceptors (Lipinski definition) is 3. The summed E-state index contributed by atoms with van der Waals surface area (Å²) in [6.07, 6.45) is 0. The van der Waals surface area contributed by atoms with Crippen molar-refractivity contribution in [2.75, 3.05) is 0 Å². The maximum absolute atomic E-state index is 6.58. The number of nitrogens with zero attached hydrogens (tertiary/aromatic N) is 2. The minimum absolute atomic E-state index is 0.677. The molecule has 0 saturated carbocycles. The summed E-state index contributed by atoms with van der Waals surface area (Å²) < 4.78 is 6.58. The van der Waals surface area contributed by atoms with Gasteiger partial charge in [0.05, 0.1) is 11.4 Å². The molecule has 258 valence electrons. The minimum Gasteiger partial charge on any atom is -0.455 e. The van der Waals surface area contributed by atoms with Crippen molar-refractivity contribution in [2.45, 2.75) is 0 Å². The molecule has 0 unspecified atom stereocenters. The van der Waals surface area contributed by atoms with Crippen LogP contribution in [0.2, 0.25) is 0 Å². The summed E-state index contributed by atoms with van der Waals surface area (Å²) in [5, 5.41) is 2.21. The first kappa shape index (κ1) is 32.3. The van der Waals surface area contributed by atoms with Gasteiger partial charge in [0.1, 0.15) is 11.2 Å². The first-order valence-corrected chi connectivity index (χ1v) is 18.6. The summed E-state index contributed by atoms with van der Waals surface area (Å²) in [7, 11) is 0. The molecule has 0 aliphatic carbocycles. The number of para-hydroxylation sites is 2. The lowest BCUT2D eigenvalue weighted by Crippen LogP contribution is -1.97. The molecule has 0 N–H and O–H groups in total. The zero-order valence-corrected chi connectivity index (χ0v) is 29.9. The Bertz CT molecular complexity index is 2970. The van der Waals surface area contributed by atoms with Gasteiger partial charge >= 0.3 is 0 Å². The molecule has 10 aromatic rings. The minimum atomic E-state index is 0.677. The Kier molecular flexibility index (Phi) is 8.16. The topological polar surface area (TPSA) is 38.9 Å². The maximum atomic E-state index is 6.58. The average molecular weight is 703 g/mol. The summed E-state index contributed by atoms with van der Waals surface area (Å²) in [4.78, 5) is 10.5. The molecule has 0 aliphatic rings. The Balaban J connectivity index is 1.20. The van der Waals surface area contributed by atoms with E-state index in [9.17, 15) is 0 Å². The smallest absolute Gasteiger partial charge is 0.160 e. The van der Waals surface area contributed by atoms with Crippen molar-refractivity contribution < 1.29 is 4.42 Å². The van der Waals surface area contributed by atoms with E-state index in [0.29, 0.717) is 5.82 Å². The molecule has 55 heavy (non-hydrogen) atoms. The van der Waals surface area contributed by atoms with Gasteiger partial charge in [-0.3, -0.25) is 0 Å². The van der Waals surface area contributed by atoms with Gasteiger partial charge in [0, 0.05) is 33.0 Å². The number of aromatic nitrogens is 2. The first-order chi connectivity index (χ1) is 27.2. The monoisotopic (exact) mass is 702 g/mol. The Hall–Kier alpha value is -7.36. The molecule has 0 spiro atoms. The van der Waals surface area contributed by atoms with Crippen LogP contribution in [0.3, 0.4) is 0 Å². The maximum Gasteiger partial charge on any atom is 0.160 e. The molecule has 0 amide bonds. The van der Waals surface area contributed by atoms with Gasteiger partial charge in [-0.05, 0) is 81.4 Å². The Labute approximate surface area is 319 Å². The van der Waals surface area contributed by atoms with Crippen LogP contribution in [0.1, 0.15) is 0 Å². The highest BCUT2D eigenvalue weighted by Gasteiger charge is 2.17. The van der Waals surface area contributed by atoms with Crippen molar-refractivity contribution in [3.05, 3.63) is 206 Å². The van der Waals surface area contributed by atoms with Gasteiger partial charge in [-0.2, -0.15) is 0 Å². The summed E-state index contributed by atoms with van der Waals surface area (Å²) in [5.74, 6) is 0.677. The molecule has 3 nitrogen and oxygen atoms in total. The lowest BCUT2D eigenvalue weighted by molar-refractivity contribution is 0.670. The van der Waals surface area contributed by atoms with E-state index in [2.05, 4.69) is 170 Å². The third-order valence-corrected chi connectivity index (χ3v) is 10.3. The summed E-state index contributed by atoms with van der Waals surface area (Å²) in [6, 6.07) is 72.2. The van der Waals surface area contributed by atoms with Crippen LogP contribution in [0.5, 0.6) is 0 Å². The highest BCUT2D eigenvalue weighted by Crippen LogP contribution is 2.40. The van der Waals surface area contributed by atoms with Crippen molar-refractivity contribution >= 4 is 21.9 Å². The van der Waals surface area contributed by atoms with Gasteiger partial charge in [-0.1, -0.05) is 164 Å².